The average molecular weight is 514 g/mol. The lowest BCUT2D eigenvalue weighted by Gasteiger charge is -2.17. The van der Waals surface area contributed by atoms with E-state index < -0.39 is 18.0 Å². The molecule has 2 heterocycles. The second kappa shape index (κ2) is 11.2. The number of carbonyl (C=O) groups excluding carboxylic acids is 2. The van der Waals surface area contributed by atoms with Gasteiger partial charge in [0.1, 0.15) is 6.04 Å². The van der Waals surface area contributed by atoms with Crippen molar-refractivity contribution in [3.63, 3.8) is 0 Å². The standard InChI is InChI=1S/C28H27N5O3S/c1-2-36-28(35)33-25(34)23(18-20-8-4-3-5-9-20)31-26(33)30-21-14-12-19(13-15-21)16-17-29-27-32-22-10-6-7-11-24(22)37-27/h3-15,23H,2,16-18H2,1H3,(H,29,32)(H,30,31)/t23-/m0/s1. The van der Waals surface area contributed by atoms with Crippen LogP contribution in [0.5, 0.6) is 0 Å². The molecule has 1 atom stereocenters. The van der Waals surface area contributed by atoms with Crippen molar-refractivity contribution < 1.29 is 14.3 Å². The van der Waals surface area contributed by atoms with Crippen LogP contribution in [0, 0.1) is 0 Å². The third-order valence-corrected chi connectivity index (χ3v) is 6.91. The summed E-state index contributed by atoms with van der Waals surface area (Å²) < 4.78 is 6.28. The van der Waals surface area contributed by atoms with Gasteiger partial charge < -0.3 is 15.4 Å². The van der Waals surface area contributed by atoms with Crippen molar-refractivity contribution in [2.45, 2.75) is 25.8 Å². The van der Waals surface area contributed by atoms with E-state index in [0.717, 1.165) is 50.0 Å². The average Bonchev–Trinajstić information content (AvgIpc) is 3.46. The number of para-hydroxylation sites is 1. The van der Waals surface area contributed by atoms with Crippen LogP contribution in [0.4, 0.5) is 15.6 Å². The molecular weight excluding hydrogens is 486 g/mol. The molecule has 1 aliphatic rings. The van der Waals surface area contributed by atoms with Crippen molar-refractivity contribution in [3.8, 4) is 0 Å². The number of fused-ring (bicyclic) bond motifs is 1. The van der Waals surface area contributed by atoms with Crippen LogP contribution in [0.3, 0.4) is 0 Å². The van der Waals surface area contributed by atoms with E-state index in [1.54, 1.807) is 18.3 Å². The molecule has 5 rings (SSSR count). The molecule has 0 unspecified atom stereocenters. The summed E-state index contributed by atoms with van der Waals surface area (Å²) in [7, 11) is 0. The summed E-state index contributed by atoms with van der Waals surface area (Å²) in [5.41, 5.74) is 3.84. The lowest BCUT2D eigenvalue weighted by Crippen LogP contribution is -2.43. The maximum Gasteiger partial charge on any atom is 0.423 e. The van der Waals surface area contributed by atoms with Crippen LogP contribution in [-0.4, -0.2) is 47.0 Å². The summed E-state index contributed by atoms with van der Waals surface area (Å²) in [5.74, 6) is -0.225. The van der Waals surface area contributed by atoms with Gasteiger partial charge in [0.2, 0.25) is 5.96 Å². The fourth-order valence-corrected chi connectivity index (χ4v) is 4.97. The van der Waals surface area contributed by atoms with Crippen molar-refractivity contribution >= 4 is 50.3 Å². The number of rotatable bonds is 8. The molecule has 0 aliphatic carbocycles. The Kier molecular flexibility index (Phi) is 7.41. The predicted octanol–water partition coefficient (Wildman–Crippen LogP) is 5.33. The van der Waals surface area contributed by atoms with E-state index in [9.17, 15) is 9.59 Å². The van der Waals surface area contributed by atoms with Crippen molar-refractivity contribution in [3.05, 3.63) is 90.0 Å². The number of ether oxygens (including phenoxy) is 1. The zero-order valence-corrected chi connectivity index (χ0v) is 21.2. The van der Waals surface area contributed by atoms with Crippen LogP contribution in [0.1, 0.15) is 18.1 Å². The Hall–Kier alpha value is -4.24. The largest absolute Gasteiger partial charge is 0.449 e. The normalized spacial score (nSPS) is 15.1. The number of guanidine groups is 1. The Labute approximate surface area is 219 Å². The zero-order valence-electron chi connectivity index (χ0n) is 20.4. The lowest BCUT2D eigenvalue weighted by atomic mass is 10.1. The minimum atomic E-state index is -0.730. The number of amides is 2. The Morgan fingerprint density at radius 3 is 2.51 bits per heavy atom. The van der Waals surface area contributed by atoms with E-state index in [1.807, 2.05) is 72.8 Å². The molecule has 0 spiro atoms. The van der Waals surface area contributed by atoms with Gasteiger partial charge in [0.25, 0.3) is 5.91 Å². The maximum absolute atomic E-state index is 13.0. The minimum Gasteiger partial charge on any atom is -0.449 e. The summed E-state index contributed by atoms with van der Waals surface area (Å²) in [6, 6.07) is 24.9. The van der Waals surface area contributed by atoms with E-state index in [1.165, 1.54) is 0 Å². The first kappa shape index (κ1) is 24.5. The van der Waals surface area contributed by atoms with Gasteiger partial charge >= 0.3 is 6.09 Å². The van der Waals surface area contributed by atoms with Gasteiger partial charge in [0.05, 0.1) is 16.8 Å². The van der Waals surface area contributed by atoms with Crippen LogP contribution in [-0.2, 0) is 22.4 Å². The Bertz CT molecular complexity index is 1390. The number of anilines is 2. The molecule has 0 bridgehead atoms. The van der Waals surface area contributed by atoms with Crippen LogP contribution < -0.4 is 10.6 Å². The van der Waals surface area contributed by atoms with Gasteiger partial charge in [0.15, 0.2) is 5.13 Å². The van der Waals surface area contributed by atoms with Crippen LogP contribution >= 0.6 is 11.3 Å². The van der Waals surface area contributed by atoms with Gasteiger partial charge in [-0.15, -0.1) is 0 Å². The van der Waals surface area contributed by atoms with Crippen LogP contribution in [0.2, 0.25) is 0 Å². The molecule has 8 nitrogen and oxygen atoms in total. The third kappa shape index (κ3) is 5.78. The highest BCUT2D eigenvalue weighted by Gasteiger charge is 2.40. The number of nitrogens with one attached hydrogen (secondary N) is 2. The van der Waals surface area contributed by atoms with Gasteiger partial charge in [-0.25, -0.2) is 14.8 Å². The molecule has 4 aromatic rings. The van der Waals surface area contributed by atoms with Gasteiger partial charge in [-0.05, 0) is 48.7 Å². The van der Waals surface area contributed by atoms with Crippen LogP contribution in [0.25, 0.3) is 10.2 Å². The first-order chi connectivity index (χ1) is 18.1. The number of aliphatic imine (C=N–C) groups is 1. The van der Waals surface area contributed by atoms with E-state index in [-0.39, 0.29) is 12.6 Å². The zero-order chi connectivity index (χ0) is 25.6. The topological polar surface area (TPSA) is 95.9 Å². The number of thiazole rings is 1. The van der Waals surface area contributed by atoms with Gasteiger partial charge in [0, 0.05) is 18.7 Å². The molecular formula is C28H27N5O3S. The molecule has 0 radical (unpaired) electrons. The summed E-state index contributed by atoms with van der Waals surface area (Å²) in [5, 5.41) is 7.43. The highest BCUT2D eigenvalue weighted by Crippen LogP contribution is 2.25. The fraction of sp³-hybridized carbons (Fsp3) is 0.214. The Balaban J connectivity index is 1.22. The van der Waals surface area contributed by atoms with Crippen LogP contribution in [0.15, 0.2) is 83.9 Å². The smallest absolute Gasteiger partial charge is 0.423 e. The summed E-state index contributed by atoms with van der Waals surface area (Å²) in [6.45, 7) is 2.62. The number of benzene rings is 3. The molecule has 9 heteroatoms. The number of hydrogen-bond donors (Lipinski definition) is 2. The van der Waals surface area contributed by atoms with Crippen molar-refractivity contribution in [1.29, 1.82) is 0 Å². The molecule has 2 amide bonds. The SMILES string of the molecule is CCOC(=O)N1C(=O)[C@H](Cc2ccccc2)N=C1Nc1ccc(CCNc2nc3ccccc3s2)cc1. The van der Waals surface area contributed by atoms with Crippen molar-refractivity contribution in [2.75, 3.05) is 23.8 Å². The first-order valence-electron chi connectivity index (χ1n) is 12.2. The Morgan fingerprint density at radius 2 is 1.76 bits per heavy atom. The molecule has 2 N–H and O–H groups in total. The van der Waals surface area contributed by atoms with Crippen molar-refractivity contribution in [1.82, 2.24) is 9.88 Å². The number of hydrogen-bond acceptors (Lipinski definition) is 8. The predicted molar refractivity (Wildman–Crippen MR) is 147 cm³/mol. The number of aromatic nitrogens is 1. The molecule has 0 fully saturated rings. The minimum absolute atomic E-state index is 0.166. The first-order valence-corrected chi connectivity index (χ1v) is 13.0. The highest BCUT2D eigenvalue weighted by atomic mass is 32.1. The third-order valence-electron chi connectivity index (χ3n) is 5.91. The molecule has 0 saturated heterocycles. The Morgan fingerprint density at radius 1 is 1.00 bits per heavy atom. The molecule has 1 aromatic heterocycles. The van der Waals surface area contributed by atoms with Gasteiger partial charge in [-0.3, -0.25) is 4.79 Å². The molecule has 37 heavy (non-hydrogen) atoms. The van der Waals surface area contributed by atoms with E-state index in [2.05, 4.69) is 26.7 Å². The van der Waals surface area contributed by atoms with E-state index >= 15 is 0 Å². The highest BCUT2D eigenvalue weighted by molar-refractivity contribution is 7.22. The molecule has 188 valence electrons. The van der Waals surface area contributed by atoms with Crippen molar-refractivity contribution in [2.24, 2.45) is 4.99 Å². The second-order valence-corrected chi connectivity index (χ2v) is 9.55. The summed E-state index contributed by atoms with van der Waals surface area (Å²) in [6.07, 6.45) is 0.498. The number of imide groups is 1. The number of nitrogens with zero attached hydrogens (tertiary/aromatic N) is 3. The number of carbonyl (C=O) groups is 2. The summed E-state index contributed by atoms with van der Waals surface area (Å²) >= 11 is 1.64. The van der Waals surface area contributed by atoms with Gasteiger partial charge in [-0.2, -0.15) is 4.90 Å². The van der Waals surface area contributed by atoms with Gasteiger partial charge in [-0.1, -0.05) is 65.9 Å². The van der Waals surface area contributed by atoms with E-state index in [0.29, 0.717) is 6.42 Å². The molecule has 1 aliphatic heterocycles. The molecule has 0 saturated carbocycles. The molecule has 3 aromatic carbocycles. The quantitative estimate of drug-likeness (QED) is 0.331. The lowest BCUT2D eigenvalue weighted by molar-refractivity contribution is -0.126. The second-order valence-electron chi connectivity index (χ2n) is 8.52. The summed E-state index contributed by atoms with van der Waals surface area (Å²) in [4.78, 5) is 35.7. The monoisotopic (exact) mass is 513 g/mol. The maximum atomic E-state index is 13.0. The van der Waals surface area contributed by atoms with E-state index in [4.69, 9.17) is 4.74 Å². The fourth-order valence-electron chi connectivity index (χ4n) is 4.08.